The Bertz CT molecular complexity index is 536. The molecule has 2 heterocycles. The van der Waals surface area contributed by atoms with Crippen LogP contribution in [0.15, 0.2) is 35.2 Å². The summed E-state index contributed by atoms with van der Waals surface area (Å²) in [5, 5.41) is 0.508. The molecule has 4 nitrogen and oxygen atoms in total. The third-order valence-electron chi connectivity index (χ3n) is 2.01. The SMILES string of the molecule is NCc1cc(Br)cnc1Oc1cncc(Cl)c1. The van der Waals surface area contributed by atoms with Gasteiger partial charge in [-0.15, -0.1) is 0 Å². The highest BCUT2D eigenvalue weighted by Crippen LogP contribution is 2.26. The fourth-order valence-electron chi connectivity index (χ4n) is 1.27. The van der Waals surface area contributed by atoms with Crippen molar-refractivity contribution in [3.8, 4) is 11.6 Å². The number of aromatic nitrogens is 2. The minimum Gasteiger partial charge on any atom is -0.437 e. The Morgan fingerprint density at radius 3 is 2.82 bits per heavy atom. The van der Waals surface area contributed by atoms with Crippen molar-refractivity contribution < 1.29 is 4.74 Å². The Balaban J connectivity index is 2.29. The minimum atomic E-state index is 0.343. The normalized spacial score (nSPS) is 10.3. The number of hydrogen-bond acceptors (Lipinski definition) is 4. The van der Waals surface area contributed by atoms with Gasteiger partial charge in [-0.1, -0.05) is 11.6 Å². The summed E-state index contributed by atoms with van der Waals surface area (Å²) >= 11 is 9.14. The molecule has 88 valence electrons. The van der Waals surface area contributed by atoms with Gasteiger partial charge < -0.3 is 10.5 Å². The highest BCUT2D eigenvalue weighted by atomic mass is 79.9. The van der Waals surface area contributed by atoms with Crippen LogP contribution in [0.4, 0.5) is 0 Å². The smallest absolute Gasteiger partial charge is 0.223 e. The maximum absolute atomic E-state index is 5.81. The van der Waals surface area contributed by atoms with Crippen LogP contribution in [-0.2, 0) is 6.54 Å². The van der Waals surface area contributed by atoms with Gasteiger partial charge in [-0.2, -0.15) is 0 Å². The minimum absolute atomic E-state index is 0.343. The molecular weight excluding hydrogens is 305 g/mol. The fraction of sp³-hybridized carbons (Fsp3) is 0.0909. The summed E-state index contributed by atoms with van der Waals surface area (Å²) in [5.74, 6) is 0.988. The van der Waals surface area contributed by atoms with Gasteiger partial charge in [-0.3, -0.25) is 4.98 Å². The molecule has 2 aromatic rings. The molecule has 2 N–H and O–H groups in total. The van der Waals surface area contributed by atoms with E-state index in [9.17, 15) is 0 Å². The van der Waals surface area contributed by atoms with Gasteiger partial charge >= 0.3 is 0 Å². The maximum atomic E-state index is 5.81. The van der Waals surface area contributed by atoms with E-state index >= 15 is 0 Å². The summed E-state index contributed by atoms with van der Waals surface area (Å²) in [6, 6.07) is 3.53. The average molecular weight is 315 g/mol. The summed E-state index contributed by atoms with van der Waals surface area (Å²) in [7, 11) is 0. The third kappa shape index (κ3) is 3.15. The standard InChI is InChI=1S/C11H9BrClN3O/c12-8-1-7(3-14)11(16-4-8)17-10-2-9(13)5-15-6-10/h1-2,4-6H,3,14H2. The molecule has 0 fully saturated rings. The van der Waals surface area contributed by atoms with Gasteiger partial charge in [0, 0.05) is 35.0 Å². The van der Waals surface area contributed by atoms with Gasteiger partial charge in [0.1, 0.15) is 5.75 Å². The zero-order valence-electron chi connectivity index (χ0n) is 8.73. The quantitative estimate of drug-likeness (QED) is 0.945. The van der Waals surface area contributed by atoms with Crippen LogP contribution >= 0.6 is 27.5 Å². The van der Waals surface area contributed by atoms with Gasteiger partial charge in [0.25, 0.3) is 0 Å². The van der Waals surface area contributed by atoms with Gasteiger partial charge in [0.05, 0.1) is 11.2 Å². The molecule has 0 saturated heterocycles. The van der Waals surface area contributed by atoms with Crippen molar-refractivity contribution in [3.05, 3.63) is 45.8 Å². The number of ether oxygens (including phenoxy) is 1. The van der Waals surface area contributed by atoms with Crippen molar-refractivity contribution in [2.45, 2.75) is 6.54 Å². The van der Waals surface area contributed by atoms with Crippen LogP contribution in [0.2, 0.25) is 5.02 Å². The van der Waals surface area contributed by atoms with Crippen molar-refractivity contribution in [1.29, 1.82) is 0 Å². The van der Waals surface area contributed by atoms with Crippen molar-refractivity contribution in [1.82, 2.24) is 9.97 Å². The number of pyridine rings is 2. The van der Waals surface area contributed by atoms with E-state index in [0.717, 1.165) is 10.0 Å². The lowest BCUT2D eigenvalue weighted by atomic mass is 10.3. The molecule has 0 radical (unpaired) electrons. The second-order valence-electron chi connectivity index (χ2n) is 3.26. The van der Waals surface area contributed by atoms with Gasteiger partial charge in [-0.25, -0.2) is 4.98 Å². The van der Waals surface area contributed by atoms with E-state index in [2.05, 4.69) is 25.9 Å². The molecule has 0 bridgehead atoms. The molecule has 0 unspecified atom stereocenters. The molecule has 0 spiro atoms. The van der Waals surface area contributed by atoms with E-state index in [-0.39, 0.29) is 0 Å². The average Bonchev–Trinajstić information content (AvgIpc) is 2.31. The van der Waals surface area contributed by atoms with E-state index in [0.29, 0.717) is 23.2 Å². The first kappa shape index (κ1) is 12.3. The highest BCUT2D eigenvalue weighted by Gasteiger charge is 2.06. The van der Waals surface area contributed by atoms with Gasteiger partial charge in [0.15, 0.2) is 0 Å². The van der Waals surface area contributed by atoms with E-state index in [4.69, 9.17) is 22.1 Å². The van der Waals surface area contributed by atoms with Crippen molar-refractivity contribution >= 4 is 27.5 Å². The molecule has 2 rings (SSSR count). The van der Waals surface area contributed by atoms with Crippen LogP contribution in [-0.4, -0.2) is 9.97 Å². The summed E-state index contributed by atoms with van der Waals surface area (Å²) in [5.41, 5.74) is 6.43. The predicted octanol–water partition coefficient (Wildman–Crippen LogP) is 3.14. The molecule has 0 aliphatic heterocycles. The van der Waals surface area contributed by atoms with Crippen LogP contribution in [0.3, 0.4) is 0 Å². The molecule has 0 saturated carbocycles. The lowest BCUT2D eigenvalue weighted by Crippen LogP contribution is -2.01. The number of halogens is 2. The van der Waals surface area contributed by atoms with E-state index in [1.54, 1.807) is 18.5 Å². The van der Waals surface area contributed by atoms with Crippen LogP contribution in [0.25, 0.3) is 0 Å². The summed E-state index contributed by atoms with van der Waals surface area (Å²) < 4.78 is 6.43. The second kappa shape index (κ2) is 5.44. The Morgan fingerprint density at radius 2 is 2.12 bits per heavy atom. The van der Waals surface area contributed by atoms with E-state index in [1.165, 1.54) is 6.20 Å². The molecule has 0 aliphatic carbocycles. The first-order valence-corrected chi connectivity index (χ1v) is 5.99. The molecule has 6 heteroatoms. The van der Waals surface area contributed by atoms with Gasteiger partial charge in [0.2, 0.25) is 5.88 Å². The Kier molecular flexibility index (Phi) is 3.93. The molecule has 0 aromatic carbocycles. The van der Waals surface area contributed by atoms with E-state index in [1.807, 2.05) is 6.07 Å². The molecule has 0 aliphatic rings. The molecule has 2 aromatic heterocycles. The first-order chi connectivity index (χ1) is 8.19. The topological polar surface area (TPSA) is 61.0 Å². The van der Waals surface area contributed by atoms with Crippen LogP contribution in [0.5, 0.6) is 11.6 Å². The van der Waals surface area contributed by atoms with Crippen molar-refractivity contribution in [3.63, 3.8) is 0 Å². The van der Waals surface area contributed by atoms with Crippen molar-refractivity contribution in [2.75, 3.05) is 0 Å². The van der Waals surface area contributed by atoms with Crippen molar-refractivity contribution in [2.24, 2.45) is 5.73 Å². The largest absolute Gasteiger partial charge is 0.437 e. The molecule has 0 atom stereocenters. The van der Waals surface area contributed by atoms with Crippen LogP contribution in [0, 0.1) is 0 Å². The number of nitrogens with two attached hydrogens (primary N) is 1. The molecular formula is C11H9BrClN3O. The zero-order valence-corrected chi connectivity index (χ0v) is 11.1. The Hall–Kier alpha value is -1.17. The Morgan fingerprint density at radius 1 is 1.29 bits per heavy atom. The fourth-order valence-corrected chi connectivity index (χ4v) is 1.81. The zero-order chi connectivity index (χ0) is 12.3. The maximum Gasteiger partial charge on any atom is 0.223 e. The molecule has 0 amide bonds. The Labute approximate surface area is 112 Å². The van der Waals surface area contributed by atoms with Crippen LogP contribution in [0.1, 0.15) is 5.56 Å². The molecule has 17 heavy (non-hydrogen) atoms. The lowest BCUT2D eigenvalue weighted by Gasteiger charge is -2.08. The predicted molar refractivity (Wildman–Crippen MR) is 69.1 cm³/mol. The highest BCUT2D eigenvalue weighted by molar-refractivity contribution is 9.10. The number of nitrogens with zero attached hydrogens (tertiary/aromatic N) is 2. The second-order valence-corrected chi connectivity index (χ2v) is 4.61. The summed E-state index contributed by atoms with van der Waals surface area (Å²) in [6.07, 6.45) is 4.75. The number of rotatable bonds is 3. The van der Waals surface area contributed by atoms with Crippen LogP contribution < -0.4 is 10.5 Å². The first-order valence-electron chi connectivity index (χ1n) is 4.82. The summed E-state index contributed by atoms with van der Waals surface area (Å²) in [4.78, 5) is 8.08. The number of hydrogen-bond donors (Lipinski definition) is 1. The summed E-state index contributed by atoms with van der Waals surface area (Å²) in [6.45, 7) is 0.343. The van der Waals surface area contributed by atoms with E-state index < -0.39 is 0 Å². The monoisotopic (exact) mass is 313 g/mol. The third-order valence-corrected chi connectivity index (χ3v) is 2.65. The van der Waals surface area contributed by atoms with Gasteiger partial charge in [-0.05, 0) is 22.0 Å². The lowest BCUT2D eigenvalue weighted by molar-refractivity contribution is 0.454.